The first-order valence-corrected chi connectivity index (χ1v) is 8.84. The van der Waals surface area contributed by atoms with Gasteiger partial charge in [-0.05, 0) is 46.5 Å². The summed E-state index contributed by atoms with van der Waals surface area (Å²) in [6.07, 6.45) is 5.18. The minimum atomic E-state index is -4.38. The van der Waals surface area contributed by atoms with Crippen LogP contribution in [-0.2, 0) is 0 Å². The number of hydrogen-bond donors (Lipinski definition) is 0. The van der Waals surface area contributed by atoms with Crippen molar-refractivity contribution in [2.75, 3.05) is 0 Å². The van der Waals surface area contributed by atoms with Crippen molar-refractivity contribution in [3.8, 4) is 17.4 Å². The Labute approximate surface area is 162 Å². The van der Waals surface area contributed by atoms with E-state index in [2.05, 4.69) is 15.1 Å². The summed E-state index contributed by atoms with van der Waals surface area (Å²) in [5, 5.41) is 4.35. The molecule has 0 aliphatic rings. The van der Waals surface area contributed by atoms with E-state index in [1.54, 1.807) is 18.2 Å². The second-order valence-corrected chi connectivity index (χ2v) is 7.28. The summed E-state index contributed by atoms with van der Waals surface area (Å²) in [6, 6.07) is 5.23. The standard InChI is InChI=1S/C14H7ClF3IN4OS/c15-8-4-20-13(21-5-8)24-11-3-1-2-10(19)12(11)23-7-9(6-22-23)25-14(16,17)18/h1-7H. The number of aromatic nitrogens is 4. The predicted molar refractivity (Wildman–Crippen MR) is 95.3 cm³/mol. The van der Waals surface area contributed by atoms with Crippen LogP contribution in [0.3, 0.4) is 0 Å². The van der Waals surface area contributed by atoms with Crippen LogP contribution in [-0.4, -0.2) is 25.3 Å². The second-order valence-electron chi connectivity index (χ2n) is 4.54. The number of thioether (sulfide) groups is 1. The van der Waals surface area contributed by atoms with Crippen LogP contribution in [0.4, 0.5) is 13.2 Å². The molecule has 0 atom stereocenters. The van der Waals surface area contributed by atoms with Gasteiger partial charge in [0.1, 0.15) is 5.69 Å². The molecular formula is C14H7ClF3IN4OS. The molecule has 0 spiro atoms. The zero-order valence-corrected chi connectivity index (χ0v) is 15.8. The smallest absolute Gasteiger partial charge is 0.422 e. The number of rotatable bonds is 4. The van der Waals surface area contributed by atoms with Crippen LogP contribution >= 0.6 is 46.0 Å². The average Bonchev–Trinajstić information content (AvgIpc) is 2.95. The Hall–Kier alpha value is -1.53. The number of hydrogen-bond acceptors (Lipinski definition) is 5. The lowest BCUT2D eigenvalue weighted by molar-refractivity contribution is -0.0328. The fraction of sp³-hybridized carbons (Fsp3) is 0.0714. The molecule has 5 nitrogen and oxygen atoms in total. The van der Waals surface area contributed by atoms with Crippen molar-refractivity contribution < 1.29 is 17.9 Å². The van der Waals surface area contributed by atoms with Crippen molar-refractivity contribution in [2.45, 2.75) is 10.4 Å². The van der Waals surface area contributed by atoms with Crippen LogP contribution in [0.2, 0.25) is 5.02 Å². The van der Waals surface area contributed by atoms with Crippen molar-refractivity contribution in [3.05, 3.63) is 51.6 Å². The van der Waals surface area contributed by atoms with Crippen molar-refractivity contribution >= 4 is 46.0 Å². The minimum Gasteiger partial charge on any atom is -0.422 e. The van der Waals surface area contributed by atoms with Gasteiger partial charge in [0.15, 0.2) is 5.75 Å². The first-order chi connectivity index (χ1) is 11.8. The normalized spacial score (nSPS) is 11.6. The monoisotopic (exact) mass is 498 g/mol. The van der Waals surface area contributed by atoms with Gasteiger partial charge in [0, 0.05) is 9.77 Å². The molecule has 0 radical (unpaired) electrons. The van der Waals surface area contributed by atoms with Crippen LogP contribution < -0.4 is 4.74 Å². The summed E-state index contributed by atoms with van der Waals surface area (Å²) >= 11 is 7.54. The maximum Gasteiger partial charge on any atom is 0.446 e. The largest absolute Gasteiger partial charge is 0.446 e. The van der Waals surface area contributed by atoms with Gasteiger partial charge in [-0.2, -0.15) is 18.3 Å². The SMILES string of the molecule is FC(F)(F)Sc1cnn(-c2c(I)cccc2Oc2ncc(Cl)cn2)c1. The molecule has 3 rings (SSSR count). The quantitative estimate of drug-likeness (QED) is 0.360. The van der Waals surface area contributed by atoms with Gasteiger partial charge >= 0.3 is 11.5 Å². The summed E-state index contributed by atoms with van der Waals surface area (Å²) in [5.74, 6) is 0.348. The van der Waals surface area contributed by atoms with Crippen molar-refractivity contribution in [1.82, 2.24) is 19.7 Å². The third-order valence-electron chi connectivity index (χ3n) is 2.77. The van der Waals surface area contributed by atoms with Crippen LogP contribution in [0.25, 0.3) is 5.69 Å². The Kier molecular flexibility index (Phi) is 5.39. The minimum absolute atomic E-state index is 0.0270. The van der Waals surface area contributed by atoms with Crippen molar-refractivity contribution in [3.63, 3.8) is 0 Å². The Morgan fingerprint density at radius 1 is 1.16 bits per heavy atom. The molecule has 0 amide bonds. The molecule has 0 saturated carbocycles. The van der Waals surface area contributed by atoms with Gasteiger partial charge in [0.2, 0.25) is 0 Å². The molecule has 0 unspecified atom stereocenters. The molecule has 2 aromatic heterocycles. The van der Waals surface area contributed by atoms with E-state index >= 15 is 0 Å². The lowest BCUT2D eigenvalue weighted by Crippen LogP contribution is -2.02. The molecule has 130 valence electrons. The van der Waals surface area contributed by atoms with Gasteiger partial charge in [0.25, 0.3) is 0 Å². The summed E-state index contributed by atoms with van der Waals surface area (Å²) < 4.78 is 45.2. The van der Waals surface area contributed by atoms with Crippen LogP contribution in [0.5, 0.6) is 11.8 Å². The van der Waals surface area contributed by atoms with Gasteiger partial charge in [-0.25, -0.2) is 14.6 Å². The maximum absolute atomic E-state index is 12.5. The first kappa shape index (κ1) is 18.3. The lowest BCUT2D eigenvalue weighted by atomic mass is 10.3. The van der Waals surface area contributed by atoms with E-state index in [0.717, 1.165) is 9.77 Å². The highest BCUT2D eigenvalue weighted by Gasteiger charge is 2.30. The molecule has 11 heteroatoms. The number of nitrogens with zero attached hydrogens (tertiary/aromatic N) is 4. The molecule has 2 heterocycles. The van der Waals surface area contributed by atoms with Gasteiger partial charge in [-0.1, -0.05) is 17.7 Å². The number of alkyl halides is 3. The van der Waals surface area contributed by atoms with Gasteiger partial charge in [-0.3, -0.25) is 0 Å². The molecule has 0 fully saturated rings. The summed E-state index contributed by atoms with van der Waals surface area (Å²) in [7, 11) is 0. The van der Waals surface area contributed by atoms with E-state index in [9.17, 15) is 13.2 Å². The van der Waals surface area contributed by atoms with E-state index in [4.69, 9.17) is 16.3 Å². The third-order valence-corrected chi connectivity index (χ3v) is 4.51. The zero-order chi connectivity index (χ0) is 18.0. The second kappa shape index (κ2) is 7.38. The van der Waals surface area contributed by atoms with Gasteiger partial charge in [0.05, 0.1) is 28.5 Å². The number of para-hydroxylation sites is 1. The predicted octanol–water partition coefficient (Wildman–Crippen LogP) is 5.32. The van der Waals surface area contributed by atoms with Crippen molar-refractivity contribution in [2.24, 2.45) is 0 Å². The Bertz CT molecular complexity index is 889. The Balaban J connectivity index is 1.95. The molecule has 25 heavy (non-hydrogen) atoms. The van der Waals surface area contributed by atoms with Crippen molar-refractivity contribution in [1.29, 1.82) is 0 Å². The highest BCUT2D eigenvalue weighted by Crippen LogP contribution is 2.38. The van der Waals surface area contributed by atoms with Gasteiger partial charge in [-0.15, -0.1) is 0 Å². The highest BCUT2D eigenvalue weighted by atomic mass is 127. The molecule has 0 saturated heterocycles. The molecule has 0 aliphatic heterocycles. The van der Waals surface area contributed by atoms with E-state index in [1.807, 2.05) is 22.6 Å². The summed E-state index contributed by atoms with van der Waals surface area (Å²) in [5.41, 5.74) is -3.90. The fourth-order valence-corrected chi connectivity index (χ4v) is 3.20. The van der Waals surface area contributed by atoms with Gasteiger partial charge < -0.3 is 4.74 Å². The molecule has 3 aromatic rings. The van der Waals surface area contributed by atoms with E-state index < -0.39 is 5.51 Å². The lowest BCUT2D eigenvalue weighted by Gasteiger charge is -2.11. The van der Waals surface area contributed by atoms with E-state index in [1.165, 1.54) is 23.3 Å². The molecule has 0 aliphatic carbocycles. The maximum atomic E-state index is 12.5. The molecule has 0 N–H and O–H groups in total. The van der Waals surface area contributed by atoms with E-state index in [-0.39, 0.29) is 22.7 Å². The highest BCUT2D eigenvalue weighted by molar-refractivity contribution is 14.1. The number of ether oxygens (including phenoxy) is 1. The first-order valence-electron chi connectivity index (χ1n) is 6.56. The number of halogens is 5. The van der Waals surface area contributed by atoms with Crippen LogP contribution in [0, 0.1) is 3.57 Å². The molecule has 1 aromatic carbocycles. The third kappa shape index (κ3) is 4.76. The summed E-state index contributed by atoms with van der Waals surface area (Å²) in [6.45, 7) is 0. The number of benzene rings is 1. The molecular weight excluding hydrogens is 492 g/mol. The Morgan fingerprint density at radius 3 is 2.56 bits per heavy atom. The zero-order valence-electron chi connectivity index (χ0n) is 12.0. The Morgan fingerprint density at radius 2 is 1.88 bits per heavy atom. The van der Waals surface area contributed by atoms with Crippen LogP contribution in [0.1, 0.15) is 0 Å². The topological polar surface area (TPSA) is 52.8 Å². The van der Waals surface area contributed by atoms with Crippen LogP contribution in [0.15, 0.2) is 47.9 Å². The van der Waals surface area contributed by atoms with E-state index in [0.29, 0.717) is 16.5 Å². The fourth-order valence-electron chi connectivity index (χ4n) is 1.87. The summed E-state index contributed by atoms with van der Waals surface area (Å²) in [4.78, 5) is 7.86. The average molecular weight is 499 g/mol. The molecule has 0 bridgehead atoms.